The number of aliphatic hydroxyl groups excluding tert-OH is 2. The SMILES string of the molecule is CC(C)C[C@@H]1NC(=O)[C@H](C(C)C)NC(=O)[C@H](C)NC(=O)[C@@H]2CSSC[C@H](NC(=O)CN)C(=O)N[C@@H](CSSC[C@H](C(=O)NCC(=O)O)NC(=O)[C@H](Cc3ccc(O)cc3)NC1=O)C(=O)N[C@@H](CO)C(=O)N[C@@H](C)C(=O)N1CC(O)C[C@H]1C(=O)N1CCC[C@H]1C(=O)N2. The molecule has 4 heterocycles. The molecule has 0 saturated carbocycles. The van der Waals surface area contributed by atoms with Gasteiger partial charge in [0.05, 0.1) is 19.3 Å². The maximum atomic E-state index is 14.5. The summed E-state index contributed by atoms with van der Waals surface area (Å²) in [5.74, 6) is -16.1. The highest BCUT2D eigenvalue weighted by Gasteiger charge is 2.47. The number of phenolic OH excluding ortho intramolecular Hbond substituents is 1. The van der Waals surface area contributed by atoms with Gasteiger partial charge in [0.15, 0.2) is 0 Å². The van der Waals surface area contributed by atoms with Gasteiger partial charge in [0.25, 0.3) is 0 Å². The van der Waals surface area contributed by atoms with Gasteiger partial charge in [0.1, 0.15) is 84.8 Å². The van der Waals surface area contributed by atoms with E-state index in [0.717, 1.165) is 48.1 Å². The summed E-state index contributed by atoms with van der Waals surface area (Å²) in [5.41, 5.74) is 6.02. The number of carboxylic acid groups (broad SMARTS) is 1. The van der Waals surface area contributed by atoms with E-state index in [4.69, 9.17) is 5.73 Å². The number of aliphatic carboxylic acids is 1. The van der Waals surface area contributed by atoms with Crippen LogP contribution in [-0.2, 0) is 73.5 Å². The minimum absolute atomic E-state index is 0.0159. The van der Waals surface area contributed by atoms with Crippen LogP contribution < -0.4 is 64.2 Å². The molecular weight excluding hydrogens is 1270 g/mol. The highest BCUT2D eigenvalue weighted by Crippen LogP contribution is 2.29. The number of hydrogen-bond donors (Lipinski definition) is 16. The first kappa shape index (κ1) is 74.6. The molecule has 1 unspecified atom stereocenters. The Hall–Kier alpha value is -7.12. The molecule has 4 aliphatic heterocycles. The average Bonchev–Trinajstić information content (AvgIpc) is 1.70. The Bertz CT molecular complexity index is 2840. The van der Waals surface area contributed by atoms with Crippen LogP contribution in [0, 0.1) is 11.8 Å². The topological polar surface area (TPSA) is 485 Å². The standard InChI is InChI=1S/C55H82N14O18S4/c1-25(2)14-32-46(78)61-33(15-29-9-11-30(71)12-10-29)47(79)64-35(45(77)57-18-42(74)75)21-88-91-24-38-51(83)63-34(20-70)48(80)59-28(6)54(86)69-19-31(72)16-40(69)55(87)68-13-7-8-39(68)52(84)66-37(23-90-89-22-36(50(82)65-38)60-41(73)17-56)49(81)58-27(5)44(76)67-43(26(3)4)53(85)62-32/h9-12,25-28,31-40,43,70-72H,7-8,13-24,56H2,1-6H3,(H,57,77)(H,58,81)(H,59,80)(H,60,73)(H,61,78)(H,62,85)(H,63,83)(H,64,79)(H,65,82)(H,66,84)(H,67,76)(H,74,75)/t27-,28-,31?,32-,33-,34-,35+,36-,37-,38-,39-,40-,43-/m0/s1. The number of benzene rings is 1. The lowest BCUT2D eigenvalue weighted by Crippen LogP contribution is -2.61. The third kappa shape index (κ3) is 22.3. The smallest absolute Gasteiger partial charge is 0.322 e. The van der Waals surface area contributed by atoms with Gasteiger partial charge < -0.3 is 94.4 Å². The van der Waals surface area contributed by atoms with E-state index in [1.165, 1.54) is 43.0 Å². The molecule has 0 aromatic heterocycles. The first-order chi connectivity index (χ1) is 43.0. The summed E-state index contributed by atoms with van der Waals surface area (Å²) in [7, 11) is 3.44. The van der Waals surface area contributed by atoms with Gasteiger partial charge in [-0.25, -0.2) is 0 Å². The van der Waals surface area contributed by atoms with Crippen LogP contribution in [0.2, 0.25) is 0 Å². The lowest BCUT2D eigenvalue weighted by Gasteiger charge is -2.32. The van der Waals surface area contributed by atoms with E-state index in [1.54, 1.807) is 27.7 Å². The maximum absolute atomic E-state index is 14.5. The summed E-state index contributed by atoms with van der Waals surface area (Å²) in [5, 5.41) is 68.5. The van der Waals surface area contributed by atoms with E-state index in [1.807, 2.05) is 0 Å². The number of aliphatic hydroxyl groups is 2. The molecule has 4 fully saturated rings. The van der Waals surface area contributed by atoms with Crippen LogP contribution in [0.4, 0.5) is 0 Å². The largest absolute Gasteiger partial charge is 0.508 e. The second-order valence-electron chi connectivity index (χ2n) is 22.9. The number of nitrogens with zero attached hydrogens (tertiary/aromatic N) is 2. The molecule has 17 N–H and O–H groups in total. The van der Waals surface area contributed by atoms with Gasteiger partial charge in [-0.3, -0.25) is 67.1 Å². The Morgan fingerprint density at radius 3 is 1.82 bits per heavy atom. The maximum Gasteiger partial charge on any atom is 0.322 e. The number of hydrogen-bond acceptors (Lipinski definition) is 22. The number of nitrogens with two attached hydrogens (primary N) is 1. The van der Waals surface area contributed by atoms with Crippen molar-refractivity contribution in [2.45, 2.75) is 152 Å². The van der Waals surface area contributed by atoms with Crippen LogP contribution in [0.3, 0.4) is 0 Å². The molecule has 1 aromatic carbocycles. The third-order valence-corrected chi connectivity index (χ3v) is 19.7. The van der Waals surface area contributed by atoms with Crippen molar-refractivity contribution >= 4 is 126 Å². The summed E-state index contributed by atoms with van der Waals surface area (Å²) < 4.78 is 0. The van der Waals surface area contributed by atoms with Crippen molar-refractivity contribution < 1.29 is 87.5 Å². The van der Waals surface area contributed by atoms with Crippen molar-refractivity contribution in [3.63, 3.8) is 0 Å². The Morgan fingerprint density at radius 1 is 0.637 bits per heavy atom. The Kier molecular flexibility index (Phi) is 29.2. The van der Waals surface area contributed by atoms with Crippen LogP contribution >= 0.6 is 43.2 Å². The molecule has 5 rings (SSSR count). The molecule has 1 aromatic rings. The molecule has 36 heteroatoms. The first-order valence-corrected chi connectivity index (χ1v) is 34.4. The van der Waals surface area contributed by atoms with E-state index in [0.29, 0.717) is 12.0 Å². The van der Waals surface area contributed by atoms with E-state index in [9.17, 15) is 87.5 Å². The predicted octanol–water partition coefficient (Wildman–Crippen LogP) is -5.58. The molecule has 504 valence electrons. The number of carboxylic acids is 1. The van der Waals surface area contributed by atoms with Crippen molar-refractivity contribution in [3.05, 3.63) is 29.8 Å². The number of fused-ring (bicyclic) bond motifs is 10. The Morgan fingerprint density at radius 2 is 1.21 bits per heavy atom. The van der Waals surface area contributed by atoms with Crippen molar-refractivity contribution in [3.8, 4) is 5.75 Å². The van der Waals surface area contributed by atoms with Gasteiger partial charge in [-0.1, -0.05) is 83.0 Å². The molecule has 2 bridgehead atoms. The summed E-state index contributed by atoms with van der Waals surface area (Å²) in [4.78, 5) is 198. The van der Waals surface area contributed by atoms with Crippen LogP contribution in [0.1, 0.15) is 72.8 Å². The van der Waals surface area contributed by atoms with Crippen LogP contribution in [-0.4, -0.2) is 247 Å². The van der Waals surface area contributed by atoms with Crippen molar-refractivity contribution in [2.75, 3.05) is 55.8 Å². The van der Waals surface area contributed by atoms with E-state index in [-0.39, 0.29) is 61.9 Å². The normalized spacial score (nSPS) is 29.0. The molecule has 0 aliphatic carbocycles. The Labute approximate surface area is 540 Å². The molecule has 4 aliphatic rings. The zero-order chi connectivity index (χ0) is 67.4. The second-order valence-corrected chi connectivity index (χ2v) is 28.0. The predicted molar refractivity (Wildman–Crippen MR) is 334 cm³/mol. The van der Waals surface area contributed by atoms with Crippen LogP contribution in [0.5, 0.6) is 5.75 Å². The lowest BCUT2D eigenvalue weighted by atomic mass is 9.98. The number of aromatic hydroxyl groups is 1. The first-order valence-electron chi connectivity index (χ1n) is 29.4. The van der Waals surface area contributed by atoms with Gasteiger partial charge in [-0.15, -0.1) is 0 Å². The minimum atomic E-state index is -1.82. The minimum Gasteiger partial charge on any atom is -0.508 e. The molecule has 91 heavy (non-hydrogen) atoms. The lowest BCUT2D eigenvalue weighted by molar-refractivity contribution is -0.148. The number of amides is 13. The van der Waals surface area contributed by atoms with Crippen molar-refractivity contribution in [1.29, 1.82) is 0 Å². The van der Waals surface area contributed by atoms with Crippen molar-refractivity contribution in [2.24, 2.45) is 17.6 Å². The fourth-order valence-corrected chi connectivity index (χ4v) is 14.6. The molecule has 4 saturated heterocycles. The summed E-state index contributed by atoms with van der Waals surface area (Å²) in [6.07, 6.45) is -1.40. The van der Waals surface area contributed by atoms with Gasteiger partial charge >= 0.3 is 5.97 Å². The molecule has 0 spiro atoms. The summed E-state index contributed by atoms with van der Waals surface area (Å²) in [6, 6.07) is -12.4. The highest BCUT2D eigenvalue weighted by molar-refractivity contribution is 8.77. The van der Waals surface area contributed by atoms with Gasteiger partial charge in [-0.2, -0.15) is 0 Å². The van der Waals surface area contributed by atoms with E-state index >= 15 is 0 Å². The van der Waals surface area contributed by atoms with Gasteiger partial charge in [-0.05, 0) is 62.6 Å². The van der Waals surface area contributed by atoms with Crippen LogP contribution in [0.15, 0.2) is 24.3 Å². The molecular formula is C55H82N14O18S4. The average molecular weight is 1360 g/mol. The number of phenols is 1. The molecule has 13 atom stereocenters. The monoisotopic (exact) mass is 1350 g/mol. The number of rotatable bonds is 11. The molecule has 32 nitrogen and oxygen atoms in total. The number of carbonyl (C=O) groups excluding carboxylic acids is 13. The van der Waals surface area contributed by atoms with Crippen LogP contribution in [0.25, 0.3) is 0 Å². The van der Waals surface area contributed by atoms with Gasteiger partial charge in [0.2, 0.25) is 76.8 Å². The van der Waals surface area contributed by atoms with Gasteiger partial charge in [0, 0.05) is 48.9 Å². The fraction of sp³-hybridized carbons (Fsp3) is 0.636. The quantitative estimate of drug-likeness (QED) is 0.0919. The highest BCUT2D eigenvalue weighted by atomic mass is 33.1. The fourth-order valence-electron chi connectivity index (χ4n) is 9.93. The second kappa shape index (κ2) is 35.6. The zero-order valence-electron chi connectivity index (χ0n) is 51.0. The zero-order valence-corrected chi connectivity index (χ0v) is 54.2. The molecule has 0 radical (unpaired) electrons. The summed E-state index contributed by atoms with van der Waals surface area (Å²) in [6.45, 7) is 6.30. The summed E-state index contributed by atoms with van der Waals surface area (Å²) >= 11 is 0. The van der Waals surface area contributed by atoms with E-state index in [2.05, 4.69) is 58.5 Å². The van der Waals surface area contributed by atoms with E-state index < -0.39 is 198 Å². The third-order valence-electron chi connectivity index (χ3n) is 14.8. The number of nitrogens with one attached hydrogen (secondary N) is 11. The molecule has 13 amide bonds. The number of carbonyl (C=O) groups is 14. The van der Waals surface area contributed by atoms with Crippen molar-refractivity contribution in [1.82, 2.24) is 68.3 Å². The Balaban J connectivity index is 1.64.